The fourth-order valence-electron chi connectivity index (χ4n) is 2.88. The second-order valence-corrected chi connectivity index (χ2v) is 13.2. The molecule has 1 saturated carbocycles. The molecule has 2 rings (SSSR count). The monoisotopic (exact) mass is 287 g/mol. The number of aliphatic hydroxyl groups is 1. The molecule has 1 aromatic carbocycles. The average Bonchev–Trinajstić information content (AvgIpc) is 3.13. The van der Waals surface area contributed by atoms with Crippen LogP contribution in [-0.4, -0.2) is 18.9 Å². The van der Waals surface area contributed by atoms with Gasteiger partial charge in [-0.15, -0.1) is 0 Å². The highest BCUT2D eigenvalue weighted by Crippen LogP contribution is 2.58. The fraction of sp³-hybridized carbons (Fsp3) is 0.588. The van der Waals surface area contributed by atoms with Crippen LogP contribution in [0, 0.1) is 17.2 Å². The highest BCUT2D eigenvalue weighted by atomic mass is 28.3. The molecule has 0 heterocycles. The third-order valence-electron chi connectivity index (χ3n) is 5.56. The summed E-state index contributed by atoms with van der Waals surface area (Å²) in [6.07, 6.45) is 0.793. The molecule has 1 aliphatic carbocycles. The first-order valence-electron chi connectivity index (χ1n) is 7.31. The Morgan fingerprint density at radius 1 is 1.30 bits per heavy atom. The number of nitrogens with zero attached hydrogens (tertiary/aromatic N) is 1. The van der Waals surface area contributed by atoms with Gasteiger partial charge in [-0.2, -0.15) is 5.26 Å². The summed E-state index contributed by atoms with van der Waals surface area (Å²) < 4.78 is 0. The van der Waals surface area contributed by atoms with Gasteiger partial charge in [0.05, 0.1) is 25.3 Å². The molecule has 0 amide bonds. The number of hydrogen-bond donors (Lipinski definition) is 1. The van der Waals surface area contributed by atoms with Crippen LogP contribution in [0.5, 0.6) is 0 Å². The molecule has 0 radical (unpaired) electrons. The second-order valence-electron chi connectivity index (χ2n) is 7.68. The molecule has 0 saturated heterocycles. The normalized spacial score (nSPS) is 27.8. The summed E-state index contributed by atoms with van der Waals surface area (Å²) in [5, 5.41) is 20.7. The molecule has 1 N–H and O–H groups in total. The van der Waals surface area contributed by atoms with Crippen molar-refractivity contribution in [1.29, 1.82) is 5.26 Å². The zero-order valence-electron chi connectivity index (χ0n) is 13.1. The van der Waals surface area contributed by atoms with Crippen LogP contribution in [0.15, 0.2) is 30.3 Å². The van der Waals surface area contributed by atoms with E-state index in [1.165, 1.54) is 0 Å². The van der Waals surface area contributed by atoms with Gasteiger partial charge in [0.15, 0.2) is 0 Å². The van der Waals surface area contributed by atoms with Crippen LogP contribution in [0.25, 0.3) is 0 Å². The minimum Gasteiger partial charge on any atom is -0.396 e. The number of benzene rings is 1. The van der Waals surface area contributed by atoms with Crippen LogP contribution in [0.4, 0.5) is 0 Å². The second kappa shape index (κ2) is 4.72. The van der Waals surface area contributed by atoms with Crippen molar-refractivity contribution in [1.82, 2.24) is 0 Å². The molecular formula is C17H25NOSi. The van der Waals surface area contributed by atoms with Crippen molar-refractivity contribution >= 4 is 8.07 Å². The number of aliphatic hydroxyl groups excluding tert-OH is 1. The molecule has 0 aromatic heterocycles. The number of rotatable bonds is 3. The lowest BCUT2D eigenvalue weighted by atomic mass is 9.95. The minimum atomic E-state index is -1.84. The van der Waals surface area contributed by atoms with E-state index in [1.54, 1.807) is 0 Å². The smallest absolute Gasteiger partial charge is 0.0876 e. The van der Waals surface area contributed by atoms with Crippen LogP contribution in [0.3, 0.4) is 0 Å². The Morgan fingerprint density at radius 2 is 1.85 bits per heavy atom. The van der Waals surface area contributed by atoms with Crippen molar-refractivity contribution in [2.45, 2.75) is 56.5 Å². The molecule has 20 heavy (non-hydrogen) atoms. The topological polar surface area (TPSA) is 44.0 Å². The largest absolute Gasteiger partial charge is 0.396 e. The highest BCUT2D eigenvalue weighted by molar-refractivity contribution is 6.81. The maximum atomic E-state index is 10.9. The number of hydrogen-bond acceptors (Lipinski definition) is 2. The summed E-state index contributed by atoms with van der Waals surface area (Å²) in [7, 11) is -1.84. The van der Waals surface area contributed by atoms with Crippen molar-refractivity contribution < 1.29 is 5.11 Å². The van der Waals surface area contributed by atoms with Gasteiger partial charge in [0, 0.05) is 5.92 Å². The van der Waals surface area contributed by atoms with Gasteiger partial charge < -0.3 is 5.11 Å². The van der Waals surface area contributed by atoms with Gasteiger partial charge in [0.1, 0.15) is 0 Å². The molecule has 3 heteroatoms. The quantitative estimate of drug-likeness (QED) is 0.857. The Balaban J connectivity index is 2.28. The van der Waals surface area contributed by atoms with Gasteiger partial charge in [-0.25, -0.2) is 0 Å². The van der Waals surface area contributed by atoms with E-state index in [9.17, 15) is 10.4 Å². The summed E-state index contributed by atoms with van der Waals surface area (Å²) in [5.41, 5.74) is 0.267. The van der Waals surface area contributed by atoms with Crippen LogP contribution in [0.2, 0.25) is 18.1 Å². The Morgan fingerprint density at radius 3 is 2.30 bits per heavy atom. The molecule has 1 fully saturated rings. The Labute approximate surface area is 123 Å². The predicted molar refractivity (Wildman–Crippen MR) is 85.0 cm³/mol. The molecule has 1 aliphatic rings. The van der Waals surface area contributed by atoms with E-state index in [2.05, 4.69) is 39.9 Å². The zero-order chi connectivity index (χ0) is 15.2. The lowest BCUT2D eigenvalue weighted by Crippen LogP contribution is -2.51. The summed E-state index contributed by atoms with van der Waals surface area (Å²) in [6.45, 7) is 11.1. The van der Waals surface area contributed by atoms with E-state index < -0.39 is 13.5 Å². The molecule has 0 unspecified atom stereocenters. The van der Waals surface area contributed by atoms with Crippen LogP contribution in [0.1, 0.15) is 32.8 Å². The lowest BCUT2D eigenvalue weighted by molar-refractivity contribution is 0.207. The van der Waals surface area contributed by atoms with E-state index >= 15 is 0 Å². The molecule has 0 bridgehead atoms. The number of nitriles is 1. The van der Waals surface area contributed by atoms with Crippen LogP contribution in [-0.2, 0) is 5.41 Å². The van der Waals surface area contributed by atoms with Gasteiger partial charge in [0.25, 0.3) is 0 Å². The summed E-state index contributed by atoms with van der Waals surface area (Å²) in [5.74, 6) is 0.0933. The third-order valence-corrected chi connectivity index (χ3v) is 11.3. The summed E-state index contributed by atoms with van der Waals surface area (Å²) in [4.78, 5) is 0. The Hall–Kier alpha value is -1.11. The van der Waals surface area contributed by atoms with E-state index in [0.717, 1.165) is 12.0 Å². The van der Waals surface area contributed by atoms with Crippen LogP contribution < -0.4 is 0 Å². The first-order valence-corrected chi connectivity index (χ1v) is 10.4. The van der Waals surface area contributed by atoms with E-state index in [4.69, 9.17) is 0 Å². The first-order chi connectivity index (χ1) is 9.17. The van der Waals surface area contributed by atoms with Crippen molar-refractivity contribution in [2.24, 2.45) is 5.92 Å². The van der Waals surface area contributed by atoms with E-state index in [-0.39, 0.29) is 16.7 Å². The average molecular weight is 287 g/mol. The van der Waals surface area contributed by atoms with Crippen molar-refractivity contribution in [3.8, 4) is 6.07 Å². The molecular weight excluding hydrogens is 262 g/mol. The molecule has 1 aromatic rings. The van der Waals surface area contributed by atoms with Crippen molar-refractivity contribution in [2.75, 3.05) is 0 Å². The molecule has 0 spiro atoms. The maximum absolute atomic E-state index is 10.9. The molecule has 3 atom stereocenters. The van der Waals surface area contributed by atoms with E-state index in [1.807, 2.05) is 30.3 Å². The van der Waals surface area contributed by atoms with Gasteiger partial charge in [-0.3, -0.25) is 0 Å². The highest BCUT2D eigenvalue weighted by Gasteiger charge is 2.63. The zero-order valence-corrected chi connectivity index (χ0v) is 14.1. The maximum Gasteiger partial charge on any atom is 0.0876 e. The lowest BCUT2D eigenvalue weighted by Gasteiger charge is -2.41. The predicted octanol–water partition coefficient (Wildman–Crippen LogP) is 3.88. The standard InChI is InChI=1S/C17H25NOSi/c1-16(2,3)20(4,5)15(19)14-11-17(14,12-18)13-9-7-6-8-10-13/h6-10,14-15,19H,11H2,1-5H3/t14-,15-,17-/m0/s1. The van der Waals surface area contributed by atoms with E-state index in [0.29, 0.717) is 0 Å². The van der Waals surface area contributed by atoms with Crippen molar-refractivity contribution in [3.63, 3.8) is 0 Å². The van der Waals surface area contributed by atoms with Crippen LogP contribution >= 0.6 is 0 Å². The molecule has 108 valence electrons. The molecule has 0 aliphatic heterocycles. The van der Waals surface area contributed by atoms with Gasteiger partial charge in [-0.05, 0) is 17.0 Å². The van der Waals surface area contributed by atoms with Crippen molar-refractivity contribution in [3.05, 3.63) is 35.9 Å². The first kappa shape index (κ1) is 15.3. The van der Waals surface area contributed by atoms with Gasteiger partial charge in [0.2, 0.25) is 0 Å². The summed E-state index contributed by atoms with van der Waals surface area (Å²) >= 11 is 0. The van der Waals surface area contributed by atoms with Gasteiger partial charge in [-0.1, -0.05) is 64.2 Å². The Bertz CT molecular complexity index is 526. The molecule has 2 nitrogen and oxygen atoms in total. The fourth-order valence-corrected chi connectivity index (χ4v) is 5.17. The van der Waals surface area contributed by atoms with Gasteiger partial charge >= 0.3 is 0 Å². The minimum absolute atomic E-state index is 0.0933. The SMILES string of the molecule is CC(C)(C)[Si](C)(C)[C@H](O)[C@@H]1C[C@]1(C#N)c1ccccc1. The third kappa shape index (κ3) is 2.21. The Kier molecular flexibility index (Phi) is 3.60. The summed E-state index contributed by atoms with van der Waals surface area (Å²) in [6, 6.07) is 12.4.